The molecule has 0 saturated carbocycles. The van der Waals surface area contributed by atoms with Crippen molar-refractivity contribution in [3.63, 3.8) is 0 Å². The predicted octanol–water partition coefficient (Wildman–Crippen LogP) is 8.12. The number of benzene rings is 2. The van der Waals surface area contributed by atoms with Crippen molar-refractivity contribution in [3.8, 4) is 0 Å². The minimum absolute atomic E-state index is 0.0782. The zero-order valence-electron chi connectivity index (χ0n) is 28.4. The Labute approximate surface area is 282 Å². The molecule has 46 heavy (non-hydrogen) atoms. The Bertz CT molecular complexity index is 1210. The van der Waals surface area contributed by atoms with Crippen molar-refractivity contribution in [1.29, 1.82) is 0 Å². The molecule has 0 bridgehead atoms. The van der Waals surface area contributed by atoms with Gasteiger partial charge in [0.2, 0.25) is 0 Å². The number of allylic oxidation sites excluding steroid dienone is 2. The molecule has 0 radical (unpaired) electrons. The number of hydrogen-bond acceptors (Lipinski definition) is 12. The van der Waals surface area contributed by atoms with E-state index in [9.17, 15) is 9.90 Å². The van der Waals surface area contributed by atoms with Gasteiger partial charge in [0, 0.05) is 73.1 Å². The minimum Gasteiger partial charge on any atom is -0.510 e. The van der Waals surface area contributed by atoms with Crippen LogP contribution in [0.15, 0.2) is 54.3 Å². The number of Topliss-reactive ketones (excluding diaryl/α,β-unsaturated/α-hetero) is 1. The zero-order chi connectivity index (χ0) is 33.7. The molecular formula is C34H50N2O8S2. The Morgan fingerprint density at radius 2 is 1.13 bits per heavy atom. The highest BCUT2D eigenvalue weighted by atomic mass is 32.2. The molecule has 12 heteroatoms. The fourth-order valence-corrected chi connectivity index (χ4v) is 5.83. The summed E-state index contributed by atoms with van der Waals surface area (Å²) in [5, 5.41) is 20.0. The van der Waals surface area contributed by atoms with Gasteiger partial charge in [-0.1, -0.05) is 75.9 Å². The molecule has 3 rings (SSSR count). The van der Waals surface area contributed by atoms with E-state index in [1.807, 2.05) is 36.4 Å². The first-order chi connectivity index (χ1) is 21.8. The molecule has 1 aliphatic carbocycles. The molecule has 0 amide bonds. The third-order valence-corrected chi connectivity index (χ3v) is 8.59. The molecule has 1 unspecified atom stereocenters. The van der Waals surface area contributed by atoms with E-state index in [4.69, 9.17) is 8.67 Å². The first-order valence-corrected chi connectivity index (χ1v) is 17.3. The van der Waals surface area contributed by atoms with Crippen LogP contribution in [0.4, 0.5) is 11.4 Å². The molecule has 2 aromatic carbocycles. The molecule has 0 aromatic heterocycles. The molecule has 0 aliphatic heterocycles. The maximum absolute atomic E-state index is 13.4. The Kier molecular flexibility index (Phi) is 15.2. The smallest absolute Gasteiger partial charge is 0.181 e. The quantitative estimate of drug-likeness (QED) is 0.0634. The molecule has 0 heterocycles. The fraction of sp³-hybridized carbons (Fsp3) is 0.559. The lowest BCUT2D eigenvalue weighted by atomic mass is 9.75. The predicted molar refractivity (Wildman–Crippen MR) is 186 cm³/mol. The van der Waals surface area contributed by atoms with Crippen LogP contribution >= 0.6 is 24.1 Å². The topological polar surface area (TPSA) is 99.2 Å². The molecule has 0 spiro atoms. The summed E-state index contributed by atoms with van der Waals surface area (Å²) in [6.07, 6.45) is 2.16. The van der Waals surface area contributed by atoms with Crippen LogP contribution in [0.1, 0.15) is 71.4 Å². The zero-order valence-corrected chi connectivity index (χ0v) is 30.0. The van der Waals surface area contributed by atoms with E-state index in [2.05, 4.69) is 83.3 Å². The van der Waals surface area contributed by atoms with Crippen molar-refractivity contribution in [2.75, 3.05) is 61.7 Å². The van der Waals surface area contributed by atoms with Gasteiger partial charge in [0.15, 0.2) is 5.78 Å². The third kappa shape index (κ3) is 12.1. The molecule has 1 atom stereocenters. The van der Waals surface area contributed by atoms with Crippen molar-refractivity contribution in [2.45, 2.75) is 60.3 Å². The van der Waals surface area contributed by atoms with Crippen LogP contribution < -0.4 is 9.80 Å². The maximum Gasteiger partial charge on any atom is 0.181 e. The summed E-state index contributed by atoms with van der Waals surface area (Å²) >= 11 is 2.23. The minimum atomic E-state index is -0.643. The lowest BCUT2D eigenvalue weighted by Crippen LogP contribution is -2.31. The molecule has 1 N–H and O–H groups in total. The van der Waals surface area contributed by atoms with Gasteiger partial charge in [-0.15, -0.1) is 8.67 Å². The number of hydrogen-bond donors (Lipinski definition) is 1. The van der Waals surface area contributed by atoms with Gasteiger partial charge >= 0.3 is 0 Å². The van der Waals surface area contributed by atoms with Crippen molar-refractivity contribution in [1.82, 2.24) is 0 Å². The van der Waals surface area contributed by atoms with E-state index in [-0.39, 0.29) is 22.4 Å². The van der Waals surface area contributed by atoms with Gasteiger partial charge in [0.1, 0.15) is 11.7 Å². The van der Waals surface area contributed by atoms with Gasteiger partial charge in [-0.05, 0) is 59.1 Å². The first-order valence-electron chi connectivity index (χ1n) is 15.5. The number of nitrogens with zero attached hydrogens (tertiary/aromatic N) is 2. The van der Waals surface area contributed by atoms with Crippen LogP contribution in [0.2, 0.25) is 0 Å². The summed E-state index contributed by atoms with van der Waals surface area (Å²) in [6, 6.07) is 15.7. The van der Waals surface area contributed by atoms with Crippen LogP contribution in [-0.2, 0) is 33.3 Å². The lowest BCUT2D eigenvalue weighted by Gasteiger charge is -2.32. The largest absolute Gasteiger partial charge is 0.510 e. The Hall–Kier alpha value is -2.29. The van der Waals surface area contributed by atoms with Crippen LogP contribution in [0, 0.1) is 10.8 Å². The van der Waals surface area contributed by atoms with E-state index < -0.39 is 5.92 Å². The van der Waals surface area contributed by atoms with Crippen LogP contribution in [0.25, 0.3) is 5.57 Å². The van der Waals surface area contributed by atoms with Gasteiger partial charge in [-0.25, -0.2) is 9.78 Å². The van der Waals surface area contributed by atoms with Gasteiger partial charge < -0.3 is 14.9 Å². The van der Waals surface area contributed by atoms with Crippen LogP contribution in [0.5, 0.6) is 0 Å². The van der Waals surface area contributed by atoms with Gasteiger partial charge in [0.25, 0.3) is 0 Å². The molecule has 0 saturated heterocycles. The molecule has 0 fully saturated rings. The van der Waals surface area contributed by atoms with Crippen molar-refractivity contribution in [3.05, 3.63) is 65.4 Å². The second-order valence-corrected chi connectivity index (χ2v) is 15.1. The lowest BCUT2D eigenvalue weighted by molar-refractivity contribution is -0.447. The van der Waals surface area contributed by atoms with E-state index in [1.54, 1.807) is 0 Å². The van der Waals surface area contributed by atoms with Crippen molar-refractivity contribution >= 4 is 46.8 Å². The SMILES string of the molecule is COOOSCCN(CCSOOOC)c1ccc(C2=C(O)C(c3ccc(N(CCC(C)(C)C)CCC(C)(C)C)cc3)C2=O)cc1. The normalized spacial score (nSPS) is 15.3. The van der Waals surface area contributed by atoms with E-state index in [1.165, 1.54) is 14.2 Å². The second kappa shape index (κ2) is 18.3. The highest BCUT2D eigenvalue weighted by molar-refractivity contribution is 7.94. The number of carbonyl (C=O) groups excluding carboxylic acids is 1. The molecule has 10 nitrogen and oxygen atoms in total. The number of aliphatic hydroxyl groups is 1. The summed E-state index contributed by atoms with van der Waals surface area (Å²) < 4.78 is 9.72. The molecule has 2 aromatic rings. The number of rotatable bonds is 20. The van der Waals surface area contributed by atoms with Gasteiger partial charge in [0.05, 0.1) is 19.8 Å². The van der Waals surface area contributed by atoms with Crippen molar-refractivity contribution < 1.29 is 38.4 Å². The summed E-state index contributed by atoms with van der Waals surface area (Å²) in [4.78, 5) is 26.8. The van der Waals surface area contributed by atoms with Gasteiger partial charge in [-0.3, -0.25) is 4.79 Å². The molecule has 256 valence electrons. The van der Waals surface area contributed by atoms with E-state index in [0.29, 0.717) is 35.7 Å². The highest BCUT2D eigenvalue weighted by Gasteiger charge is 2.41. The number of carbonyl (C=O) groups is 1. The number of ketones is 1. The highest BCUT2D eigenvalue weighted by Crippen LogP contribution is 2.43. The Balaban J connectivity index is 1.70. The monoisotopic (exact) mass is 678 g/mol. The van der Waals surface area contributed by atoms with Crippen molar-refractivity contribution in [2.24, 2.45) is 10.8 Å². The Morgan fingerprint density at radius 1 is 0.696 bits per heavy atom. The molecular weight excluding hydrogens is 629 g/mol. The van der Waals surface area contributed by atoms with Crippen LogP contribution in [-0.4, -0.2) is 62.8 Å². The van der Waals surface area contributed by atoms with Gasteiger partial charge in [-0.2, -0.15) is 0 Å². The number of anilines is 2. The molecule has 1 aliphatic rings. The Morgan fingerprint density at radius 3 is 1.54 bits per heavy atom. The average Bonchev–Trinajstić information content (AvgIpc) is 3.00. The van der Waals surface area contributed by atoms with Crippen LogP contribution in [0.3, 0.4) is 0 Å². The second-order valence-electron chi connectivity index (χ2n) is 13.5. The first kappa shape index (κ1) is 38.2. The standard InChI is InChI=1S/C34H50N2O8S2/c1-33(2,3)17-19-35(20-18-34(4,5)6)27-13-9-25(10-14-27)29-31(37)30(32(29)38)26-11-15-28(16-12-26)36(21-23-45-43-41-39-7)22-24-46-44-42-40-8/h9-16,29,37H,17-24H2,1-8H3. The number of aliphatic hydroxyl groups excluding tert-OH is 1. The summed E-state index contributed by atoms with van der Waals surface area (Å²) in [5.74, 6) is 0.585. The summed E-state index contributed by atoms with van der Waals surface area (Å²) in [5.41, 5.74) is 4.41. The summed E-state index contributed by atoms with van der Waals surface area (Å²) in [6.45, 7) is 16.8. The van der Waals surface area contributed by atoms with E-state index in [0.717, 1.165) is 67.0 Å². The maximum atomic E-state index is 13.4. The average molecular weight is 679 g/mol. The summed E-state index contributed by atoms with van der Waals surface area (Å²) in [7, 11) is 2.73. The fourth-order valence-electron chi connectivity index (χ4n) is 4.92. The third-order valence-electron chi connectivity index (χ3n) is 7.59. The van der Waals surface area contributed by atoms with E-state index >= 15 is 0 Å².